The highest BCUT2D eigenvalue weighted by molar-refractivity contribution is 7.07. The summed E-state index contributed by atoms with van der Waals surface area (Å²) in [5.74, 6) is 0. The first-order valence-corrected chi connectivity index (χ1v) is 9.06. The smallest absolute Gasteiger partial charge is 0.271 e. The number of nitrogens with zero attached hydrogens (tertiary/aromatic N) is 4. The van der Waals surface area contributed by atoms with E-state index in [0.717, 1.165) is 22.5 Å². The van der Waals surface area contributed by atoms with Gasteiger partial charge in [0.2, 0.25) is 0 Å². The number of pyridine rings is 1. The van der Waals surface area contributed by atoms with Gasteiger partial charge in [0.05, 0.1) is 4.53 Å². The molecule has 25 heavy (non-hydrogen) atoms. The molecule has 4 rings (SSSR count). The zero-order valence-electron chi connectivity index (χ0n) is 13.9. The molecule has 0 bridgehead atoms. The first-order valence-electron chi connectivity index (χ1n) is 8.24. The summed E-state index contributed by atoms with van der Waals surface area (Å²) in [6.07, 6.45) is 6.37. The predicted octanol–water partition coefficient (Wildman–Crippen LogP) is 1.75. The lowest BCUT2D eigenvalue weighted by Crippen LogP contribution is -2.42. The number of fused-ring (bicyclic) bond motifs is 1. The van der Waals surface area contributed by atoms with Crippen LogP contribution in [0.25, 0.3) is 6.08 Å². The van der Waals surface area contributed by atoms with Gasteiger partial charge < -0.3 is 4.90 Å². The fourth-order valence-electron chi connectivity index (χ4n) is 2.83. The van der Waals surface area contributed by atoms with E-state index in [1.807, 2.05) is 18.2 Å². The first kappa shape index (κ1) is 15.8. The summed E-state index contributed by atoms with van der Waals surface area (Å²) in [7, 11) is 0. The van der Waals surface area contributed by atoms with Crippen LogP contribution >= 0.6 is 11.3 Å². The van der Waals surface area contributed by atoms with Gasteiger partial charge in [0.1, 0.15) is 13.3 Å². The van der Waals surface area contributed by atoms with E-state index in [-0.39, 0.29) is 5.56 Å². The van der Waals surface area contributed by atoms with Crippen molar-refractivity contribution in [3.8, 4) is 0 Å². The summed E-state index contributed by atoms with van der Waals surface area (Å²) in [5.41, 5.74) is 3.37. The van der Waals surface area contributed by atoms with Gasteiger partial charge in [-0.1, -0.05) is 30.4 Å². The molecule has 1 aliphatic heterocycles. The quantitative estimate of drug-likeness (QED) is 0.723. The molecule has 126 valence electrons. The standard InChI is InChI=1S/C19H18N4OS/c1-2-14-3-5-16(6-4-14)22-12-21-19-23(13-22)18(24)17(25-19)11-15-7-9-20-10-8-15/h3-11H,2,12-13H2,1H3/b17-11-. The molecule has 0 atom stereocenters. The number of hydrogen-bond acceptors (Lipinski definition) is 5. The number of rotatable bonds is 3. The highest BCUT2D eigenvalue weighted by Crippen LogP contribution is 2.17. The third kappa shape index (κ3) is 3.13. The van der Waals surface area contributed by atoms with Crippen molar-refractivity contribution < 1.29 is 0 Å². The largest absolute Gasteiger partial charge is 0.334 e. The lowest BCUT2D eigenvalue weighted by atomic mass is 10.1. The maximum atomic E-state index is 12.7. The third-order valence-corrected chi connectivity index (χ3v) is 5.33. The molecule has 3 aromatic rings. The average Bonchev–Trinajstić information content (AvgIpc) is 2.98. The van der Waals surface area contributed by atoms with Crippen molar-refractivity contribution in [2.75, 3.05) is 11.6 Å². The summed E-state index contributed by atoms with van der Waals surface area (Å²) in [6, 6.07) is 12.2. The molecule has 0 unspecified atom stereocenters. The van der Waals surface area contributed by atoms with Crippen molar-refractivity contribution >= 4 is 23.1 Å². The van der Waals surface area contributed by atoms with Gasteiger partial charge in [-0.3, -0.25) is 14.3 Å². The van der Waals surface area contributed by atoms with Crippen molar-refractivity contribution in [2.24, 2.45) is 4.99 Å². The van der Waals surface area contributed by atoms with Gasteiger partial charge in [-0.25, -0.2) is 4.99 Å². The molecule has 0 aliphatic carbocycles. The van der Waals surface area contributed by atoms with Crippen LogP contribution in [0.3, 0.4) is 0 Å². The Kier molecular flexibility index (Phi) is 4.19. The highest BCUT2D eigenvalue weighted by Gasteiger charge is 2.15. The van der Waals surface area contributed by atoms with E-state index in [0.29, 0.717) is 17.9 Å². The topological polar surface area (TPSA) is 50.5 Å². The Morgan fingerprint density at radius 3 is 2.64 bits per heavy atom. The fourth-order valence-corrected chi connectivity index (χ4v) is 3.79. The molecule has 0 spiro atoms. The third-order valence-electron chi connectivity index (χ3n) is 4.29. The molecule has 1 aromatic carbocycles. The first-order chi connectivity index (χ1) is 12.2. The zero-order valence-corrected chi connectivity index (χ0v) is 14.7. The maximum Gasteiger partial charge on any atom is 0.271 e. The molecule has 0 radical (unpaired) electrons. The fraction of sp³-hybridized carbons (Fsp3) is 0.211. The second-order valence-electron chi connectivity index (χ2n) is 5.91. The number of aromatic nitrogens is 2. The summed E-state index contributed by atoms with van der Waals surface area (Å²) in [5, 5.41) is 0. The van der Waals surface area contributed by atoms with Gasteiger partial charge in [-0.15, -0.1) is 0 Å². The molecule has 2 aromatic heterocycles. The summed E-state index contributed by atoms with van der Waals surface area (Å²) < 4.78 is 2.45. The molecule has 1 aliphatic rings. The van der Waals surface area contributed by atoms with Gasteiger partial charge in [0, 0.05) is 18.1 Å². The molecule has 0 fully saturated rings. The number of thiazole rings is 1. The van der Waals surface area contributed by atoms with Gasteiger partial charge >= 0.3 is 0 Å². The van der Waals surface area contributed by atoms with Gasteiger partial charge in [-0.2, -0.15) is 0 Å². The highest BCUT2D eigenvalue weighted by atomic mass is 32.1. The van der Waals surface area contributed by atoms with Crippen molar-refractivity contribution in [1.29, 1.82) is 0 Å². The molecular weight excluding hydrogens is 332 g/mol. The summed E-state index contributed by atoms with van der Waals surface area (Å²) >= 11 is 1.44. The Bertz CT molecular complexity index is 1050. The number of benzene rings is 1. The Morgan fingerprint density at radius 2 is 1.92 bits per heavy atom. The van der Waals surface area contributed by atoms with Crippen LogP contribution in [0.4, 0.5) is 5.69 Å². The van der Waals surface area contributed by atoms with Crippen LogP contribution in [0.15, 0.2) is 58.6 Å². The lowest BCUT2D eigenvalue weighted by Gasteiger charge is -2.25. The van der Waals surface area contributed by atoms with Crippen LogP contribution < -0.4 is 19.8 Å². The SMILES string of the molecule is CCc1ccc(N2CN=c3s/c(=C\c4ccncc4)c(=O)n3C2)cc1. The average molecular weight is 350 g/mol. The van der Waals surface area contributed by atoms with Crippen LogP contribution in [0.5, 0.6) is 0 Å². The summed E-state index contributed by atoms with van der Waals surface area (Å²) in [6.45, 7) is 3.24. The molecular formula is C19H18N4OS. The number of aryl methyl sites for hydroxylation is 1. The zero-order chi connectivity index (χ0) is 17.2. The number of hydrogen-bond donors (Lipinski definition) is 0. The Morgan fingerprint density at radius 1 is 1.16 bits per heavy atom. The van der Waals surface area contributed by atoms with Gasteiger partial charge in [0.25, 0.3) is 5.56 Å². The molecule has 0 N–H and O–H groups in total. The molecule has 6 heteroatoms. The Hall–Kier alpha value is -2.73. The normalized spacial score (nSPS) is 14.3. The molecule has 0 saturated carbocycles. The van der Waals surface area contributed by atoms with E-state index in [1.54, 1.807) is 17.0 Å². The molecule has 5 nitrogen and oxygen atoms in total. The van der Waals surface area contributed by atoms with Crippen molar-refractivity contribution in [2.45, 2.75) is 20.0 Å². The second-order valence-corrected chi connectivity index (χ2v) is 6.92. The number of anilines is 1. The van der Waals surface area contributed by atoms with E-state index in [4.69, 9.17) is 0 Å². The Labute approximate surface area is 149 Å². The minimum atomic E-state index is 0.00967. The summed E-state index contributed by atoms with van der Waals surface area (Å²) in [4.78, 5) is 24.2. The van der Waals surface area contributed by atoms with Crippen molar-refractivity contribution in [3.63, 3.8) is 0 Å². The van der Waals surface area contributed by atoms with E-state index >= 15 is 0 Å². The maximum absolute atomic E-state index is 12.7. The molecule has 3 heterocycles. The van der Waals surface area contributed by atoms with E-state index < -0.39 is 0 Å². The van der Waals surface area contributed by atoms with Gasteiger partial charge in [-0.05, 0) is 47.9 Å². The van der Waals surface area contributed by atoms with Crippen LogP contribution in [0.2, 0.25) is 0 Å². The second kappa shape index (κ2) is 6.64. The van der Waals surface area contributed by atoms with Crippen LogP contribution in [-0.4, -0.2) is 16.2 Å². The van der Waals surface area contributed by atoms with E-state index in [2.05, 4.69) is 46.1 Å². The van der Waals surface area contributed by atoms with Crippen LogP contribution in [0.1, 0.15) is 18.1 Å². The van der Waals surface area contributed by atoms with Crippen LogP contribution in [0, 0.1) is 0 Å². The van der Waals surface area contributed by atoms with Gasteiger partial charge in [0.15, 0.2) is 4.80 Å². The minimum absolute atomic E-state index is 0.00967. The van der Waals surface area contributed by atoms with Crippen molar-refractivity contribution in [1.82, 2.24) is 9.55 Å². The van der Waals surface area contributed by atoms with E-state index in [9.17, 15) is 4.79 Å². The monoisotopic (exact) mass is 350 g/mol. The molecule has 0 saturated heterocycles. The van der Waals surface area contributed by atoms with Crippen molar-refractivity contribution in [3.05, 3.63) is 79.6 Å². The minimum Gasteiger partial charge on any atom is -0.334 e. The molecule has 0 amide bonds. The predicted molar refractivity (Wildman–Crippen MR) is 100 cm³/mol. The lowest BCUT2D eigenvalue weighted by molar-refractivity contribution is 0.569. The van der Waals surface area contributed by atoms with E-state index in [1.165, 1.54) is 16.9 Å². The van der Waals surface area contributed by atoms with Crippen LogP contribution in [-0.2, 0) is 13.1 Å². The Balaban J connectivity index is 1.68.